The Morgan fingerprint density at radius 3 is 2.64 bits per heavy atom. The largest absolute Gasteiger partial charge is 0.496 e. The van der Waals surface area contributed by atoms with E-state index in [1.54, 1.807) is 32.2 Å². The molecule has 2 rings (SSSR count). The topological polar surface area (TPSA) is 99.1 Å². The molecule has 0 spiro atoms. The minimum Gasteiger partial charge on any atom is -0.496 e. The zero-order valence-electron chi connectivity index (χ0n) is 12.8. The van der Waals surface area contributed by atoms with E-state index in [1.807, 2.05) is 6.92 Å². The molecule has 1 aromatic carbocycles. The predicted molar refractivity (Wildman–Crippen MR) is 78.4 cm³/mol. The fourth-order valence-corrected chi connectivity index (χ4v) is 2.52. The molecule has 0 aliphatic carbocycles. The van der Waals surface area contributed by atoms with E-state index < -0.39 is 30.2 Å². The van der Waals surface area contributed by atoms with Crippen molar-refractivity contribution in [3.63, 3.8) is 0 Å². The third-order valence-electron chi connectivity index (χ3n) is 3.85. The molecule has 0 saturated carbocycles. The average Bonchev–Trinajstić information content (AvgIpc) is 2.71. The van der Waals surface area contributed by atoms with Gasteiger partial charge in [0.1, 0.15) is 11.3 Å². The Kier molecular flexibility index (Phi) is 4.39. The van der Waals surface area contributed by atoms with Crippen LogP contribution in [0.4, 0.5) is 4.79 Å². The number of aryl methyl sites for hydroxylation is 1. The molecule has 0 radical (unpaired) electrons. The highest BCUT2D eigenvalue weighted by molar-refractivity contribution is 6.07. The van der Waals surface area contributed by atoms with Crippen LogP contribution >= 0.6 is 0 Å². The summed E-state index contributed by atoms with van der Waals surface area (Å²) >= 11 is 0. The van der Waals surface area contributed by atoms with Crippen LogP contribution in [0.1, 0.15) is 18.1 Å². The van der Waals surface area contributed by atoms with Gasteiger partial charge in [0, 0.05) is 0 Å². The number of carbonyl (C=O) groups excluding carboxylic acids is 2. The van der Waals surface area contributed by atoms with E-state index in [4.69, 9.17) is 9.84 Å². The summed E-state index contributed by atoms with van der Waals surface area (Å²) in [4.78, 5) is 25.5. The summed E-state index contributed by atoms with van der Waals surface area (Å²) in [6.07, 6.45) is -1.16. The molecule has 120 valence electrons. The fraction of sp³-hybridized carbons (Fsp3) is 0.467. The van der Waals surface area contributed by atoms with Gasteiger partial charge < -0.3 is 20.3 Å². The van der Waals surface area contributed by atoms with Crippen LogP contribution in [0.5, 0.6) is 5.75 Å². The van der Waals surface area contributed by atoms with Gasteiger partial charge in [-0.3, -0.25) is 9.69 Å². The maximum atomic E-state index is 12.6. The molecule has 1 aliphatic rings. The van der Waals surface area contributed by atoms with Gasteiger partial charge in [-0.2, -0.15) is 0 Å². The molecule has 0 aromatic heterocycles. The molecule has 22 heavy (non-hydrogen) atoms. The number of aliphatic hydroxyl groups is 2. The number of aliphatic hydroxyl groups excluding tert-OH is 2. The molecule has 1 fully saturated rings. The van der Waals surface area contributed by atoms with Crippen molar-refractivity contribution in [1.29, 1.82) is 0 Å². The van der Waals surface area contributed by atoms with Crippen LogP contribution < -0.4 is 10.1 Å². The highest BCUT2D eigenvalue weighted by Crippen LogP contribution is 2.31. The maximum Gasteiger partial charge on any atom is 0.325 e. The van der Waals surface area contributed by atoms with Crippen molar-refractivity contribution in [2.45, 2.75) is 25.5 Å². The third kappa shape index (κ3) is 2.65. The Balaban J connectivity index is 2.32. The first-order chi connectivity index (χ1) is 10.3. The van der Waals surface area contributed by atoms with Gasteiger partial charge in [-0.1, -0.05) is 6.07 Å². The van der Waals surface area contributed by atoms with Gasteiger partial charge in [-0.15, -0.1) is 0 Å². The van der Waals surface area contributed by atoms with Crippen LogP contribution in [0.3, 0.4) is 0 Å². The van der Waals surface area contributed by atoms with Crippen molar-refractivity contribution in [1.82, 2.24) is 10.2 Å². The number of carbonyl (C=O) groups is 2. The van der Waals surface area contributed by atoms with Crippen LogP contribution in [0.15, 0.2) is 18.2 Å². The second-order valence-corrected chi connectivity index (χ2v) is 5.49. The molecule has 7 heteroatoms. The molecular formula is C15H20N2O5. The van der Waals surface area contributed by atoms with E-state index in [1.165, 1.54) is 0 Å². The first-order valence-electron chi connectivity index (χ1n) is 6.91. The summed E-state index contributed by atoms with van der Waals surface area (Å²) in [5, 5.41) is 21.0. The van der Waals surface area contributed by atoms with Gasteiger partial charge in [0.25, 0.3) is 5.91 Å². The average molecular weight is 308 g/mol. The Morgan fingerprint density at radius 1 is 1.41 bits per heavy atom. The monoisotopic (exact) mass is 308 g/mol. The van der Waals surface area contributed by atoms with Crippen molar-refractivity contribution in [2.24, 2.45) is 0 Å². The first-order valence-corrected chi connectivity index (χ1v) is 6.91. The number of β-amino-alcohol motifs (C(OH)–C–C–N with tert-alkyl or cyclic N) is 1. The first kappa shape index (κ1) is 16.3. The van der Waals surface area contributed by atoms with Crippen molar-refractivity contribution in [2.75, 3.05) is 20.3 Å². The van der Waals surface area contributed by atoms with Crippen molar-refractivity contribution in [3.05, 3.63) is 29.3 Å². The second kappa shape index (κ2) is 5.94. The highest BCUT2D eigenvalue weighted by atomic mass is 16.5. The van der Waals surface area contributed by atoms with E-state index in [-0.39, 0.29) is 6.54 Å². The lowest BCUT2D eigenvalue weighted by Crippen LogP contribution is -2.42. The molecular weight excluding hydrogens is 288 g/mol. The second-order valence-electron chi connectivity index (χ2n) is 5.49. The number of hydrogen-bond donors (Lipinski definition) is 3. The molecule has 1 saturated heterocycles. The normalized spacial score (nSPS) is 22.7. The number of nitrogens with one attached hydrogen (secondary N) is 1. The lowest BCUT2D eigenvalue weighted by molar-refractivity contribution is -0.132. The van der Waals surface area contributed by atoms with E-state index in [2.05, 4.69) is 5.32 Å². The van der Waals surface area contributed by atoms with Gasteiger partial charge in [-0.05, 0) is 37.1 Å². The third-order valence-corrected chi connectivity index (χ3v) is 3.85. The van der Waals surface area contributed by atoms with Gasteiger partial charge in [0.2, 0.25) is 0 Å². The van der Waals surface area contributed by atoms with E-state index in [9.17, 15) is 14.7 Å². The molecule has 1 heterocycles. The number of rotatable bonds is 5. The summed E-state index contributed by atoms with van der Waals surface area (Å²) in [5.74, 6) is 0.228. The molecule has 2 unspecified atom stereocenters. The standard InChI is InChI=1S/C15H20N2O5/c1-9-6-10(4-5-12(9)22-3)15(2)13(20)17(14(21)16-15)7-11(19)8-18/h4-6,11,18-19H,7-8H2,1-3H3,(H,16,21). The molecule has 3 N–H and O–H groups in total. The SMILES string of the molecule is COc1ccc(C2(C)NC(=O)N(CC(O)CO)C2=O)cc1C. The van der Waals surface area contributed by atoms with Crippen molar-refractivity contribution in [3.8, 4) is 5.75 Å². The number of urea groups is 1. The van der Waals surface area contributed by atoms with Crippen LogP contribution in [-0.2, 0) is 10.3 Å². The number of nitrogens with zero attached hydrogens (tertiary/aromatic N) is 1. The Morgan fingerprint density at radius 2 is 2.09 bits per heavy atom. The Hall–Kier alpha value is -2.12. The quantitative estimate of drug-likeness (QED) is 0.671. The number of amides is 3. The fourth-order valence-electron chi connectivity index (χ4n) is 2.52. The van der Waals surface area contributed by atoms with Crippen molar-refractivity contribution >= 4 is 11.9 Å². The maximum absolute atomic E-state index is 12.6. The van der Waals surface area contributed by atoms with Gasteiger partial charge >= 0.3 is 6.03 Å². The number of methoxy groups -OCH3 is 1. The predicted octanol–water partition coefficient (Wildman–Crippen LogP) is 0.124. The minimum absolute atomic E-state index is 0.244. The Labute approximate surface area is 128 Å². The lowest BCUT2D eigenvalue weighted by atomic mass is 9.90. The minimum atomic E-state index is -1.21. The summed E-state index contributed by atoms with van der Waals surface area (Å²) in [7, 11) is 1.56. The summed E-state index contributed by atoms with van der Waals surface area (Å²) in [5.41, 5.74) is 0.269. The summed E-state index contributed by atoms with van der Waals surface area (Å²) in [6.45, 7) is 2.70. The zero-order chi connectivity index (χ0) is 16.5. The molecule has 1 aromatic rings. The van der Waals surface area contributed by atoms with E-state index in [0.29, 0.717) is 11.3 Å². The van der Waals surface area contributed by atoms with Gasteiger partial charge in [0.15, 0.2) is 0 Å². The van der Waals surface area contributed by atoms with Crippen LogP contribution in [-0.4, -0.2) is 53.4 Å². The summed E-state index contributed by atoms with van der Waals surface area (Å²) < 4.78 is 5.19. The van der Waals surface area contributed by atoms with E-state index in [0.717, 1.165) is 10.5 Å². The van der Waals surface area contributed by atoms with Crippen LogP contribution in [0.2, 0.25) is 0 Å². The lowest BCUT2D eigenvalue weighted by Gasteiger charge is -2.23. The van der Waals surface area contributed by atoms with Gasteiger partial charge in [0.05, 0.1) is 26.4 Å². The number of imide groups is 1. The Bertz CT molecular complexity index is 604. The molecule has 0 bridgehead atoms. The molecule has 2 atom stereocenters. The zero-order valence-corrected chi connectivity index (χ0v) is 12.8. The number of hydrogen-bond acceptors (Lipinski definition) is 5. The smallest absolute Gasteiger partial charge is 0.325 e. The van der Waals surface area contributed by atoms with Crippen LogP contribution in [0, 0.1) is 6.92 Å². The van der Waals surface area contributed by atoms with Gasteiger partial charge in [-0.25, -0.2) is 4.79 Å². The van der Waals surface area contributed by atoms with Crippen molar-refractivity contribution < 1.29 is 24.5 Å². The number of ether oxygens (including phenoxy) is 1. The number of benzene rings is 1. The molecule has 1 aliphatic heterocycles. The molecule has 7 nitrogen and oxygen atoms in total. The van der Waals surface area contributed by atoms with E-state index >= 15 is 0 Å². The highest BCUT2D eigenvalue weighted by Gasteiger charge is 2.49. The summed E-state index contributed by atoms with van der Waals surface area (Å²) in [6, 6.07) is 4.65. The van der Waals surface area contributed by atoms with Crippen LogP contribution in [0.25, 0.3) is 0 Å². The molecule has 3 amide bonds.